The number of benzene rings is 1. The maximum absolute atomic E-state index is 3.85. The highest BCUT2D eigenvalue weighted by atomic mass is 32.1. The molecular weight excluding hydrogens is 258 g/mol. The second kappa shape index (κ2) is 5.19. The lowest BCUT2D eigenvalue weighted by Gasteiger charge is -2.06. The van der Waals surface area contributed by atoms with Crippen LogP contribution in [0.2, 0.25) is 0 Å². The Morgan fingerprint density at radius 1 is 1.16 bits per heavy atom. The fourth-order valence-electron chi connectivity index (χ4n) is 1.78. The lowest BCUT2D eigenvalue weighted by Crippen LogP contribution is -1.99. The zero-order valence-corrected chi connectivity index (χ0v) is 11.3. The second-order valence-electron chi connectivity index (χ2n) is 4.17. The molecule has 0 amide bonds. The van der Waals surface area contributed by atoms with E-state index in [1.165, 1.54) is 9.75 Å². The fourth-order valence-corrected chi connectivity index (χ4v) is 2.61. The van der Waals surface area contributed by atoms with Gasteiger partial charge in [0.2, 0.25) is 0 Å². The first kappa shape index (κ1) is 11.9. The number of nitrogens with one attached hydrogen (secondary N) is 1. The third-order valence-electron chi connectivity index (χ3n) is 2.74. The number of tetrazole rings is 1. The van der Waals surface area contributed by atoms with Crippen LogP contribution >= 0.6 is 11.3 Å². The highest BCUT2D eigenvalue weighted by Gasteiger charge is 1.99. The maximum Gasteiger partial charge on any atom is 0.143 e. The normalized spacial score (nSPS) is 10.6. The fraction of sp³-hybridized carbons (Fsp3) is 0.154. The minimum Gasteiger partial charge on any atom is -0.380 e. The van der Waals surface area contributed by atoms with E-state index in [0.717, 1.165) is 17.9 Å². The SMILES string of the molecule is Cc1ccc(CNc2ccc(-n3cnnn3)cc2)s1. The molecule has 3 rings (SSSR count). The molecule has 19 heavy (non-hydrogen) atoms. The van der Waals surface area contributed by atoms with Gasteiger partial charge in [0.1, 0.15) is 6.33 Å². The summed E-state index contributed by atoms with van der Waals surface area (Å²) in [6.07, 6.45) is 1.58. The monoisotopic (exact) mass is 271 g/mol. The molecule has 1 N–H and O–H groups in total. The molecule has 0 aliphatic rings. The van der Waals surface area contributed by atoms with Crippen molar-refractivity contribution in [3.05, 3.63) is 52.5 Å². The van der Waals surface area contributed by atoms with Crippen molar-refractivity contribution in [2.24, 2.45) is 0 Å². The molecule has 1 aromatic carbocycles. The van der Waals surface area contributed by atoms with Crippen molar-refractivity contribution in [1.29, 1.82) is 0 Å². The lowest BCUT2D eigenvalue weighted by molar-refractivity contribution is 0.789. The van der Waals surface area contributed by atoms with Crippen molar-refractivity contribution in [3.8, 4) is 5.69 Å². The van der Waals surface area contributed by atoms with Gasteiger partial charge in [-0.1, -0.05) is 0 Å². The molecule has 0 fully saturated rings. The molecular formula is C13H13N5S. The summed E-state index contributed by atoms with van der Waals surface area (Å²) in [5.74, 6) is 0. The molecule has 6 heteroatoms. The summed E-state index contributed by atoms with van der Waals surface area (Å²) in [4.78, 5) is 2.67. The molecule has 2 heterocycles. The van der Waals surface area contributed by atoms with Gasteiger partial charge in [-0.25, -0.2) is 4.68 Å². The van der Waals surface area contributed by atoms with E-state index in [1.54, 1.807) is 11.0 Å². The summed E-state index contributed by atoms with van der Waals surface area (Å²) in [6.45, 7) is 2.97. The molecule has 5 nitrogen and oxygen atoms in total. The predicted molar refractivity (Wildman–Crippen MR) is 75.5 cm³/mol. The van der Waals surface area contributed by atoms with Gasteiger partial charge in [0, 0.05) is 22.0 Å². The Morgan fingerprint density at radius 3 is 2.63 bits per heavy atom. The van der Waals surface area contributed by atoms with Crippen molar-refractivity contribution in [3.63, 3.8) is 0 Å². The first-order chi connectivity index (χ1) is 9.31. The first-order valence-electron chi connectivity index (χ1n) is 5.94. The summed E-state index contributed by atoms with van der Waals surface area (Å²) in [7, 11) is 0. The molecule has 0 radical (unpaired) electrons. The van der Waals surface area contributed by atoms with Crippen molar-refractivity contribution >= 4 is 17.0 Å². The highest BCUT2D eigenvalue weighted by molar-refractivity contribution is 7.11. The number of thiophene rings is 1. The van der Waals surface area contributed by atoms with Gasteiger partial charge in [0.05, 0.1) is 5.69 Å². The van der Waals surface area contributed by atoms with Crippen molar-refractivity contribution in [2.45, 2.75) is 13.5 Å². The third-order valence-corrected chi connectivity index (χ3v) is 3.74. The van der Waals surface area contributed by atoms with Gasteiger partial charge in [-0.15, -0.1) is 16.4 Å². The quantitative estimate of drug-likeness (QED) is 0.792. The minimum atomic E-state index is 0.850. The Hall–Kier alpha value is -2.21. The average Bonchev–Trinajstić information content (AvgIpc) is 3.08. The highest BCUT2D eigenvalue weighted by Crippen LogP contribution is 2.18. The van der Waals surface area contributed by atoms with Gasteiger partial charge in [-0.05, 0) is 53.7 Å². The molecule has 0 atom stereocenters. The van der Waals surface area contributed by atoms with Crippen LogP contribution < -0.4 is 5.32 Å². The zero-order valence-electron chi connectivity index (χ0n) is 10.4. The van der Waals surface area contributed by atoms with Crippen molar-refractivity contribution in [2.75, 3.05) is 5.32 Å². The Bertz CT molecular complexity index is 642. The molecule has 0 aliphatic heterocycles. The number of nitrogens with zero attached hydrogens (tertiary/aromatic N) is 4. The molecule has 0 saturated carbocycles. The smallest absolute Gasteiger partial charge is 0.143 e. The van der Waals surface area contributed by atoms with Crippen LogP contribution in [0, 0.1) is 6.92 Å². The number of aromatic nitrogens is 4. The van der Waals surface area contributed by atoms with Crippen molar-refractivity contribution < 1.29 is 0 Å². The molecule has 0 aliphatic carbocycles. The van der Waals surface area contributed by atoms with E-state index in [1.807, 2.05) is 35.6 Å². The van der Waals surface area contributed by atoms with E-state index in [9.17, 15) is 0 Å². The van der Waals surface area contributed by atoms with Crippen LogP contribution in [0.15, 0.2) is 42.7 Å². The van der Waals surface area contributed by atoms with E-state index in [2.05, 4.69) is 39.9 Å². The summed E-state index contributed by atoms with van der Waals surface area (Å²) < 4.78 is 1.63. The number of aryl methyl sites for hydroxylation is 1. The summed E-state index contributed by atoms with van der Waals surface area (Å²) in [6, 6.07) is 12.3. The van der Waals surface area contributed by atoms with E-state index in [0.29, 0.717) is 0 Å². The second-order valence-corrected chi connectivity index (χ2v) is 5.54. The number of rotatable bonds is 4. The van der Waals surface area contributed by atoms with Crippen LogP contribution in [-0.2, 0) is 6.54 Å². The van der Waals surface area contributed by atoms with E-state index >= 15 is 0 Å². The molecule has 96 valence electrons. The van der Waals surface area contributed by atoms with Crippen LogP contribution in [0.4, 0.5) is 5.69 Å². The van der Waals surface area contributed by atoms with Gasteiger partial charge >= 0.3 is 0 Å². The molecule has 3 aromatic rings. The zero-order chi connectivity index (χ0) is 13.1. The molecule has 0 saturated heterocycles. The van der Waals surface area contributed by atoms with Crippen LogP contribution in [0.5, 0.6) is 0 Å². The topological polar surface area (TPSA) is 55.6 Å². The summed E-state index contributed by atoms with van der Waals surface area (Å²) in [5.41, 5.74) is 2.03. The van der Waals surface area contributed by atoms with Gasteiger partial charge in [-0.3, -0.25) is 0 Å². The van der Waals surface area contributed by atoms with Gasteiger partial charge in [0.15, 0.2) is 0 Å². The predicted octanol–water partition coefficient (Wildman–Crippen LogP) is 2.64. The van der Waals surface area contributed by atoms with Crippen LogP contribution in [0.3, 0.4) is 0 Å². The average molecular weight is 271 g/mol. The lowest BCUT2D eigenvalue weighted by atomic mass is 10.3. The van der Waals surface area contributed by atoms with Crippen LogP contribution in [0.25, 0.3) is 5.69 Å². The van der Waals surface area contributed by atoms with Crippen molar-refractivity contribution in [1.82, 2.24) is 20.2 Å². The van der Waals surface area contributed by atoms with E-state index < -0.39 is 0 Å². The van der Waals surface area contributed by atoms with Crippen LogP contribution in [0.1, 0.15) is 9.75 Å². The standard InChI is InChI=1S/C13H13N5S/c1-10-2-7-13(19-10)8-14-11-3-5-12(6-4-11)18-9-15-16-17-18/h2-7,9,14H,8H2,1H3. The minimum absolute atomic E-state index is 0.850. The van der Waals surface area contributed by atoms with E-state index in [4.69, 9.17) is 0 Å². The maximum atomic E-state index is 3.85. The number of hydrogen-bond acceptors (Lipinski definition) is 5. The largest absolute Gasteiger partial charge is 0.380 e. The molecule has 0 unspecified atom stereocenters. The van der Waals surface area contributed by atoms with Gasteiger partial charge in [0.25, 0.3) is 0 Å². The summed E-state index contributed by atoms with van der Waals surface area (Å²) in [5, 5.41) is 14.5. The number of anilines is 1. The molecule has 0 bridgehead atoms. The molecule has 2 aromatic heterocycles. The summed E-state index contributed by atoms with van der Waals surface area (Å²) >= 11 is 1.82. The van der Waals surface area contributed by atoms with Gasteiger partial charge < -0.3 is 5.32 Å². The Kier molecular flexibility index (Phi) is 3.24. The van der Waals surface area contributed by atoms with E-state index in [-0.39, 0.29) is 0 Å². The molecule has 0 spiro atoms. The van der Waals surface area contributed by atoms with Crippen LogP contribution in [-0.4, -0.2) is 20.2 Å². The Balaban J connectivity index is 1.66. The third kappa shape index (κ3) is 2.79. The Labute approximate surface area is 114 Å². The Morgan fingerprint density at radius 2 is 2.00 bits per heavy atom. The first-order valence-corrected chi connectivity index (χ1v) is 6.75. The van der Waals surface area contributed by atoms with Gasteiger partial charge in [-0.2, -0.15) is 0 Å². The number of hydrogen-bond donors (Lipinski definition) is 1.